The molecule has 7 heteroatoms. The highest BCUT2D eigenvalue weighted by Crippen LogP contribution is 2.34. The summed E-state index contributed by atoms with van der Waals surface area (Å²) in [7, 11) is -3.14. The molecular weight excluding hydrogens is 288 g/mol. The standard InChI is InChI=1S/C14H24N4O2S/c1-3-5-13-15-16-14-9-11-6-7-12(10-17(13)14)18(11)21(19,20)8-4-2/h11-12H,3-10H2,1-2H3. The number of aromatic nitrogens is 3. The molecule has 1 aromatic rings. The molecule has 3 heterocycles. The Balaban J connectivity index is 1.92. The summed E-state index contributed by atoms with van der Waals surface area (Å²) < 4.78 is 29.1. The number of fused-ring (bicyclic) bond motifs is 3. The Hall–Kier alpha value is -0.950. The van der Waals surface area contributed by atoms with Crippen LogP contribution in [0.5, 0.6) is 0 Å². The summed E-state index contributed by atoms with van der Waals surface area (Å²) in [6.07, 6.45) is 5.22. The molecule has 1 aromatic heterocycles. The van der Waals surface area contributed by atoms with E-state index in [1.54, 1.807) is 4.31 Å². The highest BCUT2D eigenvalue weighted by molar-refractivity contribution is 7.89. The van der Waals surface area contributed by atoms with E-state index in [0.29, 0.717) is 12.8 Å². The van der Waals surface area contributed by atoms with Gasteiger partial charge in [-0.15, -0.1) is 10.2 Å². The minimum Gasteiger partial charge on any atom is -0.313 e. The number of rotatable bonds is 5. The second-order valence-corrected chi connectivity index (χ2v) is 8.12. The van der Waals surface area contributed by atoms with Gasteiger partial charge in [-0.25, -0.2) is 8.42 Å². The number of hydrogen-bond donors (Lipinski definition) is 0. The van der Waals surface area contributed by atoms with Gasteiger partial charge < -0.3 is 4.57 Å². The fraction of sp³-hybridized carbons (Fsp3) is 0.857. The smallest absolute Gasteiger partial charge is 0.214 e. The van der Waals surface area contributed by atoms with E-state index in [9.17, 15) is 8.42 Å². The largest absolute Gasteiger partial charge is 0.313 e. The van der Waals surface area contributed by atoms with Crippen molar-refractivity contribution in [1.29, 1.82) is 0 Å². The summed E-state index contributed by atoms with van der Waals surface area (Å²) in [5.41, 5.74) is 0. The molecule has 2 bridgehead atoms. The van der Waals surface area contributed by atoms with E-state index < -0.39 is 10.0 Å². The fourth-order valence-corrected chi connectivity index (χ4v) is 5.67. The topological polar surface area (TPSA) is 68.1 Å². The molecule has 6 nitrogen and oxygen atoms in total. The molecule has 21 heavy (non-hydrogen) atoms. The van der Waals surface area contributed by atoms with Crippen molar-refractivity contribution in [2.75, 3.05) is 5.75 Å². The Morgan fingerprint density at radius 3 is 2.62 bits per heavy atom. The van der Waals surface area contributed by atoms with E-state index in [0.717, 1.165) is 43.9 Å². The van der Waals surface area contributed by atoms with Crippen LogP contribution in [0.1, 0.15) is 51.2 Å². The van der Waals surface area contributed by atoms with Gasteiger partial charge in [-0.05, 0) is 25.7 Å². The molecule has 0 spiro atoms. The quantitative estimate of drug-likeness (QED) is 0.823. The van der Waals surface area contributed by atoms with Gasteiger partial charge in [-0.3, -0.25) is 0 Å². The Labute approximate surface area is 126 Å². The molecule has 1 fully saturated rings. The fourth-order valence-electron chi connectivity index (χ4n) is 3.68. The van der Waals surface area contributed by atoms with Crippen LogP contribution in [-0.4, -0.2) is 45.3 Å². The van der Waals surface area contributed by atoms with Crippen molar-refractivity contribution in [2.24, 2.45) is 0 Å². The van der Waals surface area contributed by atoms with Gasteiger partial charge in [-0.2, -0.15) is 4.31 Å². The number of nitrogens with zero attached hydrogens (tertiary/aromatic N) is 4. The Bertz CT molecular complexity index is 610. The normalized spacial score (nSPS) is 25.8. The molecule has 0 saturated carbocycles. The van der Waals surface area contributed by atoms with Crippen LogP contribution in [-0.2, 0) is 29.4 Å². The molecule has 3 rings (SSSR count). The van der Waals surface area contributed by atoms with Crippen LogP contribution in [0.15, 0.2) is 0 Å². The van der Waals surface area contributed by atoms with Gasteiger partial charge in [0, 0.05) is 31.5 Å². The predicted octanol–water partition coefficient (Wildman–Crippen LogP) is 1.36. The first-order valence-corrected chi connectivity index (χ1v) is 9.60. The van der Waals surface area contributed by atoms with Crippen molar-refractivity contribution in [3.05, 3.63) is 11.6 Å². The Kier molecular flexibility index (Phi) is 4.05. The Morgan fingerprint density at radius 2 is 1.90 bits per heavy atom. The highest BCUT2D eigenvalue weighted by atomic mass is 32.2. The van der Waals surface area contributed by atoms with E-state index in [1.807, 2.05) is 6.92 Å². The lowest BCUT2D eigenvalue weighted by Gasteiger charge is -2.26. The van der Waals surface area contributed by atoms with Crippen molar-refractivity contribution in [2.45, 2.75) is 71.0 Å². The predicted molar refractivity (Wildman–Crippen MR) is 80.4 cm³/mol. The van der Waals surface area contributed by atoms with E-state index in [-0.39, 0.29) is 17.8 Å². The van der Waals surface area contributed by atoms with Gasteiger partial charge in [0.05, 0.1) is 5.75 Å². The Morgan fingerprint density at radius 1 is 1.14 bits per heavy atom. The summed E-state index contributed by atoms with van der Waals surface area (Å²) in [5, 5.41) is 8.60. The van der Waals surface area contributed by atoms with Crippen molar-refractivity contribution in [3.8, 4) is 0 Å². The van der Waals surface area contributed by atoms with Crippen molar-refractivity contribution < 1.29 is 8.42 Å². The van der Waals surface area contributed by atoms with E-state index in [4.69, 9.17) is 0 Å². The van der Waals surface area contributed by atoms with Crippen molar-refractivity contribution >= 4 is 10.0 Å². The first-order valence-electron chi connectivity index (χ1n) is 7.99. The molecule has 0 N–H and O–H groups in total. The zero-order valence-corrected chi connectivity index (χ0v) is 13.6. The number of hydrogen-bond acceptors (Lipinski definition) is 4. The van der Waals surface area contributed by atoms with Crippen LogP contribution >= 0.6 is 0 Å². The molecule has 0 radical (unpaired) electrons. The lowest BCUT2D eigenvalue weighted by Crippen LogP contribution is -2.43. The summed E-state index contributed by atoms with van der Waals surface area (Å²) in [4.78, 5) is 0. The van der Waals surface area contributed by atoms with E-state index in [1.165, 1.54) is 0 Å². The van der Waals surface area contributed by atoms with Gasteiger partial charge in [0.1, 0.15) is 11.6 Å². The number of aryl methyl sites for hydroxylation is 1. The third-order valence-electron chi connectivity index (χ3n) is 4.53. The first kappa shape index (κ1) is 15.0. The average Bonchev–Trinajstić information content (AvgIpc) is 2.91. The molecule has 1 saturated heterocycles. The average molecular weight is 312 g/mol. The van der Waals surface area contributed by atoms with E-state index in [2.05, 4.69) is 21.7 Å². The maximum atomic E-state index is 12.6. The third-order valence-corrected chi connectivity index (χ3v) is 6.69. The van der Waals surface area contributed by atoms with Crippen molar-refractivity contribution in [1.82, 2.24) is 19.1 Å². The lowest BCUT2D eigenvalue weighted by molar-refractivity contribution is 0.313. The number of sulfonamides is 1. The summed E-state index contributed by atoms with van der Waals surface area (Å²) >= 11 is 0. The molecule has 2 atom stereocenters. The summed E-state index contributed by atoms with van der Waals surface area (Å²) in [6, 6.07) is 0.158. The summed E-state index contributed by atoms with van der Waals surface area (Å²) in [6.45, 7) is 4.77. The van der Waals surface area contributed by atoms with Crippen molar-refractivity contribution in [3.63, 3.8) is 0 Å². The van der Waals surface area contributed by atoms with Crippen LogP contribution in [0.2, 0.25) is 0 Å². The molecule has 2 aliphatic rings. The highest BCUT2D eigenvalue weighted by Gasteiger charge is 2.44. The minimum absolute atomic E-state index is 0.0754. The maximum absolute atomic E-state index is 12.6. The van der Waals surface area contributed by atoms with Gasteiger partial charge in [0.25, 0.3) is 0 Å². The van der Waals surface area contributed by atoms with Gasteiger partial charge in [0.15, 0.2) is 0 Å². The zero-order valence-electron chi connectivity index (χ0n) is 12.8. The lowest BCUT2D eigenvalue weighted by atomic mass is 10.1. The second kappa shape index (κ2) is 5.68. The molecule has 0 aliphatic carbocycles. The molecule has 0 amide bonds. The molecule has 118 valence electrons. The third kappa shape index (κ3) is 2.61. The van der Waals surface area contributed by atoms with Crippen LogP contribution in [0, 0.1) is 0 Å². The van der Waals surface area contributed by atoms with Gasteiger partial charge >= 0.3 is 0 Å². The SMILES string of the molecule is CCCc1nnc2n1CC1CCC(C2)N1S(=O)(=O)CCC. The zero-order chi connectivity index (χ0) is 15.0. The maximum Gasteiger partial charge on any atom is 0.214 e. The summed E-state index contributed by atoms with van der Waals surface area (Å²) in [5.74, 6) is 2.22. The molecular formula is C14H24N4O2S. The molecule has 2 unspecified atom stereocenters. The minimum atomic E-state index is -3.14. The van der Waals surface area contributed by atoms with Crippen LogP contribution in [0.25, 0.3) is 0 Å². The van der Waals surface area contributed by atoms with Gasteiger partial charge in [0.2, 0.25) is 10.0 Å². The van der Waals surface area contributed by atoms with E-state index >= 15 is 0 Å². The molecule has 2 aliphatic heterocycles. The second-order valence-electron chi connectivity index (χ2n) is 6.13. The molecule has 0 aromatic carbocycles. The van der Waals surface area contributed by atoms with Crippen LogP contribution < -0.4 is 0 Å². The van der Waals surface area contributed by atoms with Crippen LogP contribution in [0.3, 0.4) is 0 Å². The van der Waals surface area contributed by atoms with Gasteiger partial charge in [-0.1, -0.05) is 13.8 Å². The first-order chi connectivity index (χ1) is 10.1. The van der Waals surface area contributed by atoms with Crippen LogP contribution in [0.4, 0.5) is 0 Å². The monoisotopic (exact) mass is 312 g/mol.